The fourth-order valence-corrected chi connectivity index (χ4v) is 3.76. The normalized spacial score (nSPS) is 16.5. The number of halogens is 1. The topological polar surface area (TPSA) is 47.9 Å². The molecule has 1 heterocycles. The van der Waals surface area contributed by atoms with E-state index in [1.165, 1.54) is 11.8 Å². The first-order valence-corrected chi connectivity index (χ1v) is 8.69. The molecule has 0 atom stereocenters. The lowest BCUT2D eigenvalue weighted by Crippen LogP contribution is -1.95. The summed E-state index contributed by atoms with van der Waals surface area (Å²) in [5.74, 6) is 1.33. The third-order valence-corrected chi connectivity index (χ3v) is 5.19. The minimum absolute atomic E-state index is 0.0286. The van der Waals surface area contributed by atoms with Gasteiger partial charge in [-0.1, -0.05) is 0 Å². The van der Waals surface area contributed by atoms with Crippen LogP contribution in [0.1, 0.15) is 5.56 Å². The minimum atomic E-state index is -0.0286. The first-order valence-electron chi connectivity index (χ1n) is 5.57. The zero-order valence-corrected chi connectivity index (χ0v) is 14.9. The van der Waals surface area contributed by atoms with Crippen LogP contribution < -0.4 is 9.47 Å². The quantitative estimate of drug-likeness (QED) is 0.551. The molecule has 0 N–H and O–H groups in total. The van der Waals surface area contributed by atoms with Crippen molar-refractivity contribution in [2.24, 2.45) is 4.99 Å². The molecule has 0 unspecified atom stereocenters. The van der Waals surface area contributed by atoms with Crippen molar-refractivity contribution in [3.8, 4) is 11.5 Å². The van der Waals surface area contributed by atoms with Gasteiger partial charge in [0.15, 0.2) is 11.5 Å². The van der Waals surface area contributed by atoms with Gasteiger partial charge in [0, 0.05) is 0 Å². The van der Waals surface area contributed by atoms with Crippen LogP contribution >= 0.6 is 46.1 Å². The Morgan fingerprint density at radius 1 is 1.35 bits per heavy atom. The van der Waals surface area contributed by atoms with Gasteiger partial charge in [-0.25, -0.2) is 4.99 Å². The van der Waals surface area contributed by atoms with Gasteiger partial charge < -0.3 is 9.47 Å². The summed E-state index contributed by atoms with van der Waals surface area (Å²) in [5, 5.41) is -0.0286. The van der Waals surface area contributed by atoms with Crippen LogP contribution in [0.15, 0.2) is 22.8 Å². The monoisotopic (exact) mass is 421 g/mol. The predicted octanol–water partition coefficient (Wildman–Crippen LogP) is 3.64. The molecule has 7 heteroatoms. The van der Waals surface area contributed by atoms with E-state index in [0.717, 1.165) is 25.3 Å². The lowest BCUT2D eigenvalue weighted by molar-refractivity contribution is -0.107. The highest BCUT2D eigenvalue weighted by atomic mass is 127. The Labute approximate surface area is 139 Å². The van der Waals surface area contributed by atoms with Gasteiger partial charge in [0.25, 0.3) is 0 Å². The maximum Gasteiger partial charge on any atom is 0.244 e. The van der Waals surface area contributed by atoms with Crippen LogP contribution in [-0.4, -0.2) is 30.0 Å². The molecule has 2 rings (SSSR count). The summed E-state index contributed by atoms with van der Waals surface area (Å²) in [5.41, 5.74) is 1.32. The molecule has 0 saturated heterocycles. The molecule has 0 fully saturated rings. The van der Waals surface area contributed by atoms with Gasteiger partial charge in [0.1, 0.15) is 10.1 Å². The predicted molar refractivity (Wildman–Crippen MR) is 93.8 cm³/mol. The molecule has 1 aromatic rings. The van der Waals surface area contributed by atoms with Crippen molar-refractivity contribution in [3.63, 3.8) is 0 Å². The average Bonchev–Trinajstić information content (AvgIpc) is 2.78. The molecule has 0 aliphatic carbocycles. The number of thioether (sulfide) groups is 2. The summed E-state index contributed by atoms with van der Waals surface area (Å²) in [4.78, 5) is 16.1. The Kier molecular flexibility index (Phi) is 5.39. The largest absolute Gasteiger partial charge is 0.493 e. The van der Waals surface area contributed by atoms with Crippen LogP contribution in [0, 0.1) is 3.57 Å². The fraction of sp³-hybridized carbons (Fsp3) is 0.231. The number of hydrogen-bond donors (Lipinski definition) is 0. The van der Waals surface area contributed by atoms with E-state index in [9.17, 15) is 4.79 Å². The van der Waals surface area contributed by atoms with E-state index in [0.29, 0.717) is 17.2 Å². The van der Waals surface area contributed by atoms with Crippen molar-refractivity contribution in [1.82, 2.24) is 0 Å². The summed E-state index contributed by atoms with van der Waals surface area (Å²) in [6, 6.07) is 3.76. The number of rotatable bonds is 3. The van der Waals surface area contributed by atoms with Crippen LogP contribution in [0.4, 0.5) is 0 Å². The van der Waals surface area contributed by atoms with Crippen molar-refractivity contribution in [2.45, 2.75) is 0 Å². The Morgan fingerprint density at radius 2 is 2.10 bits per heavy atom. The second-order valence-corrected chi connectivity index (χ2v) is 6.92. The molecular formula is C13H12INO3S2. The zero-order valence-electron chi connectivity index (χ0n) is 11.1. The number of aliphatic imine (C=N–C) groups is 1. The highest BCUT2D eigenvalue weighted by Gasteiger charge is 2.21. The Balaban J connectivity index is 2.42. The lowest BCUT2D eigenvalue weighted by Gasteiger charge is -2.10. The van der Waals surface area contributed by atoms with Gasteiger partial charge in [-0.05, 0) is 64.4 Å². The fourth-order valence-electron chi connectivity index (χ4n) is 1.66. The van der Waals surface area contributed by atoms with E-state index in [2.05, 4.69) is 27.6 Å². The molecule has 4 nitrogen and oxygen atoms in total. The first-order chi connectivity index (χ1) is 9.58. The number of carbonyl (C=O) groups is 1. The van der Waals surface area contributed by atoms with Gasteiger partial charge in [0.05, 0.1) is 17.8 Å². The van der Waals surface area contributed by atoms with Crippen LogP contribution in [0.5, 0.6) is 11.5 Å². The molecule has 0 saturated carbocycles. The highest BCUT2D eigenvalue weighted by molar-refractivity contribution is 14.1. The van der Waals surface area contributed by atoms with Crippen molar-refractivity contribution in [3.05, 3.63) is 27.0 Å². The molecule has 0 amide bonds. The van der Waals surface area contributed by atoms with Crippen LogP contribution in [0.2, 0.25) is 0 Å². The number of benzene rings is 1. The number of nitrogens with zero attached hydrogens (tertiary/aromatic N) is 1. The number of methoxy groups -OCH3 is 2. The molecule has 0 spiro atoms. The molecule has 0 radical (unpaired) electrons. The second-order valence-electron chi connectivity index (χ2n) is 3.74. The maximum absolute atomic E-state index is 11.8. The van der Waals surface area contributed by atoms with E-state index in [1.54, 1.807) is 20.3 Å². The van der Waals surface area contributed by atoms with Crippen LogP contribution in [-0.2, 0) is 4.79 Å². The molecule has 0 bridgehead atoms. The molecule has 106 valence electrons. The van der Waals surface area contributed by atoms with Crippen molar-refractivity contribution >= 4 is 61.7 Å². The molecular weight excluding hydrogens is 409 g/mol. The maximum atomic E-state index is 11.8. The molecule has 1 aliphatic heterocycles. The Bertz CT molecular complexity index is 614. The van der Waals surface area contributed by atoms with E-state index in [1.807, 2.05) is 18.4 Å². The van der Waals surface area contributed by atoms with Crippen LogP contribution in [0.25, 0.3) is 6.08 Å². The Hall–Kier alpha value is -0.670. The van der Waals surface area contributed by atoms with Gasteiger partial charge in [-0.15, -0.1) is 11.8 Å². The lowest BCUT2D eigenvalue weighted by atomic mass is 10.1. The van der Waals surface area contributed by atoms with E-state index in [-0.39, 0.29) is 5.12 Å². The second kappa shape index (κ2) is 6.86. The number of carbonyl (C=O) groups excluding carboxylic acids is 1. The summed E-state index contributed by atoms with van der Waals surface area (Å²) in [6.07, 6.45) is 3.67. The van der Waals surface area contributed by atoms with E-state index >= 15 is 0 Å². The third-order valence-electron chi connectivity index (χ3n) is 2.53. The van der Waals surface area contributed by atoms with Crippen molar-refractivity contribution < 1.29 is 14.3 Å². The van der Waals surface area contributed by atoms with Gasteiger partial charge in [0.2, 0.25) is 5.12 Å². The standard InChI is InChI=1S/C13H12INO3S2/c1-17-10-6-7(4-8(14)11(10)18-2)5-9-12(16)20-13(15-9)19-3/h4-6H,1-3H3/b9-5+. The highest BCUT2D eigenvalue weighted by Crippen LogP contribution is 2.35. The van der Waals surface area contributed by atoms with Gasteiger partial charge >= 0.3 is 0 Å². The molecule has 20 heavy (non-hydrogen) atoms. The Morgan fingerprint density at radius 3 is 2.65 bits per heavy atom. The number of hydrogen-bond acceptors (Lipinski definition) is 6. The zero-order chi connectivity index (χ0) is 14.7. The summed E-state index contributed by atoms with van der Waals surface area (Å²) in [6.45, 7) is 0. The van der Waals surface area contributed by atoms with Gasteiger partial charge in [-0.2, -0.15) is 0 Å². The number of ether oxygens (including phenoxy) is 2. The summed E-state index contributed by atoms with van der Waals surface area (Å²) >= 11 is 4.81. The molecule has 1 aromatic carbocycles. The van der Waals surface area contributed by atoms with Crippen molar-refractivity contribution in [1.29, 1.82) is 0 Å². The van der Waals surface area contributed by atoms with E-state index in [4.69, 9.17) is 9.47 Å². The third kappa shape index (κ3) is 3.32. The molecule has 0 aromatic heterocycles. The average molecular weight is 421 g/mol. The summed E-state index contributed by atoms with van der Waals surface area (Å²) < 4.78 is 12.3. The molecule has 1 aliphatic rings. The summed E-state index contributed by atoms with van der Waals surface area (Å²) in [7, 11) is 3.19. The van der Waals surface area contributed by atoms with Gasteiger partial charge in [-0.3, -0.25) is 4.79 Å². The SMILES string of the molecule is COc1cc(/C=C2/N=C(SC)SC2=O)cc(I)c1OC. The first kappa shape index (κ1) is 15.7. The smallest absolute Gasteiger partial charge is 0.244 e. The van der Waals surface area contributed by atoms with Crippen LogP contribution in [0.3, 0.4) is 0 Å². The van der Waals surface area contributed by atoms with Crippen molar-refractivity contribution in [2.75, 3.05) is 20.5 Å². The van der Waals surface area contributed by atoms with E-state index < -0.39 is 0 Å². The minimum Gasteiger partial charge on any atom is -0.493 e.